The summed E-state index contributed by atoms with van der Waals surface area (Å²) in [5.41, 5.74) is 6.76. The fourth-order valence-corrected chi connectivity index (χ4v) is 4.25. The van der Waals surface area contributed by atoms with Crippen LogP contribution in [0.25, 0.3) is 11.2 Å². The van der Waals surface area contributed by atoms with E-state index in [4.69, 9.17) is 10.5 Å². The van der Waals surface area contributed by atoms with E-state index in [9.17, 15) is 15.3 Å². The maximum absolute atomic E-state index is 10.5. The van der Waals surface area contributed by atoms with Crippen LogP contribution in [0.5, 0.6) is 0 Å². The molecule has 1 aliphatic carbocycles. The smallest absolute Gasteiger partial charge is 0.207 e. The molecule has 10 nitrogen and oxygen atoms in total. The van der Waals surface area contributed by atoms with E-state index < -0.39 is 31.1 Å². The summed E-state index contributed by atoms with van der Waals surface area (Å²) in [4.78, 5) is 12.7. The van der Waals surface area contributed by atoms with Crippen molar-refractivity contribution >= 4 is 22.9 Å². The summed E-state index contributed by atoms with van der Waals surface area (Å²) in [6, 6.07) is 0. The maximum Gasteiger partial charge on any atom is 0.207 e. The van der Waals surface area contributed by atoms with Gasteiger partial charge in [0, 0.05) is 6.54 Å². The summed E-state index contributed by atoms with van der Waals surface area (Å²) in [6.07, 6.45) is 4.50. The van der Waals surface area contributed by atoms with E-state index in [1.54, 1.807) is 4.57 Å². The lowest BCUT2D eigenvalue weighted by atomic mass is 9.87. The van der Waals surface area contributed by atoms with Crippen LogP contribution in [-0.4, -0.2) is 66.3 Å². The summed E-state index contributed by atoms with van der Waals surface area (Å²) < 4.78 is 7.29. The molecule has 0 radical (unpaired) electrons. The number of ether oxygens (including phenoxy) is 1. The number of rotatable bonds is 6. The number of nitrogens with zero attached hydrogens (tertiary/aromatic N) is 4. The van der Waals surface area contributed by atoms with Gasteiger partial charge >= 0.3 is 0 Å². The average Bonchev–Trinajstić information content (AvgIpc) is 3.21. The predicted molar refractivity (Wildman–Crippen MR) is 102 cm³/mol. The Labute approximate surface area is 162 Å². The van der Waals surface area contributed by atoms with E-state index >= 15 is 0 Å². The molecule has 1 aliphatic heterocycles. The van der Waals surface area contributed by atoms with Crippen molar-refractivity contribution in [2.24, 2.45) is 5.92 Å². The zero-order valence-corrected chi connectivity index (χ0v) is 15.7. The van der Waals surface area contributed by atoms with Gasteiger partial charge in [-0.2, -0.15) is 0 Å². The first kappa shape index (κ1) is 19.3. The van der Waals surface area contributed by atoms with Crippen LogP contribution in [0.4, 0.5) is 11.8 Å². The van der Waals surface area contributed by atoms with Gasteiger partial charge < -0.3 is 31.1 Å². The highest BCUT2D eigenvalue weighted by Gasteiger charge is 2.45. The molecule has 0 aromatic carbocycles. The fourth-order valence-electron chi connectivity index (χ4n) is 4.25. The summed E-state index contributed by atoms with van der Waals surface area (Å²) >= 11 is 0. The van der Waals surface area contributed by atoms with Gasteiger partial charge in [0.2, 0.25) is 5.95 Å². The molecule has 154 valence electrons. The molecule has 4 rings (SSSR count). The van der Waals surface area contributed by atoms with Crippen LogP contribution in [0.15, 0.2) is 6.33 Å². The molecule has 2 fully saturated rings. The largest absolute Gasteiger partial charge is 0.394 e. The average molecular weight is 392 g/mol. The highest BCUT2D eigenvalue weighted by molar-refractivity contribution is 5.84. The van der Waals surface area contributed by atoms with E-state index in [1.165, 1.54) is 38.4 Å². The van der Waals surface area contributed by atoms with Crippen LogP contribution in [0.2, 0.25) is 0 Å². The Morgan fingerprint density at radius 2 is 1.96 bits per heavy atom. The molecule has 0 bridgehead atoms. The number of anilines is 2. The second-order valence-electron chi connectivity index (χ2n) is 7.68. The summed E-state index contributed by atoms with van der Waals surface area (Å²) in [5, 5.41) is 33.3. The Morgan fingerprint density at radius 1 is 1.18 bits per heavy atom. The van der Waals surface area contributed by atoms with Crippen molar-refractivity contribution < 1.29 is 20.1 Å². The van der Waals surface area contributed by atoms with Gasteiger partial charge in [-0.25, -0.2) is 15.0 Å². The number of aromatic nitrogens is 4. The van der Waals surface area contributed by atoms with Gasteiger partial charge in [-0.15, -0.1) is 0 Å². The van der Waals surface area contributed by atoms with E-state index in [1.807, 2.05) is 0 Å². The lowest BCUT2D eigenvalue weighted by Crippen LogP contribution is -2.33. The van der Waals surface area contributed by atoms with Gasteiger partial charge in [-0.3, -0.25) is 4.57 Å². The fraction of sp³-hybridized carbons (Fsp3) is 0.722. The first-order valence-corrected chi connectivity index (χ1v) is 9.95. The van der Waals surface area contributed by atoms with Crippen molar-refractivity contribution in [3.63, 3.8) is 0 Å². The Morgan fingerprint density at radius 3 is 2.68 bits per heavy atom. The first-order chi connectivity index (χ1) is 13.6. The van der Waals surface area contributed by atoms with Gasteiger partial charge in [0.1, 0.15) is 24.6 Å². The summed E-state index contributed by atoms with van der Waals surface area (Å²) in [7, 11) is 0. The number of nitrogen functional groups attached to an aromatic ring is 1. The SMILES string of the molecule is Nc1ncnc2c1nc(NCCC1CCCCC1)n2[C@@H]1O[C@H](CO)[C@@H](O)[C@H]1O. The molecule has 0 amide bonds. The second kappa shape index (κ2) is 8.16. The van der Waals surface area contributed by atoms with Crippen molar-refractivity contribution in [1.29, 1.82) is 0 Å². The number of hydrogen-bond acceptors (Lipinski definition) is 9. The Hall–Kier alpha value is -2.01. The number of aliphatic hydroxyl groups excluding tert-OH is 3. The number of aliphatic hydroxyl groups is 3. The van der Waals surface area contributed by atoms with Crippen LogP contribution in [0.1, 0.15) is 44.8 Å². The molecule has 0 unspecified atom stereocenters. The van der Waals surface area contributed by atoms with Crippen LogP contribution < -0.4 is 11.1 Å². The number of nitrogens with two attached hydrogens (primary N) is 1. The molecule has 2 aliphatic rings. The third-order valence-corrected chi connectivity index (χ3v) is 5.84. The van der Waals surface area contributed by atoms with Gasteiger partial charge in [-0.1, -0.05) is 32.1 Å². The van der Waals surface area contributed by atoms with Crippen LogP contribution in [-0.2, 0) is 4.74 Å². The van der Waals surface area contributed by atoms with Crippen molar-refractivity contribution in [3.8, 4) is 0 Å². The molecule has 2 aromatic heterocycles. The first-order valence-electron chi connectivity index (χ1n) is 9.95. The zero-order valence-electron chi connectivity index (χ0n) is 15.7. The van der Waals surface area contributed by atoms with E-state index in [-0.39, 0.29) is 5.82 Å². The van der Waals surface area contributed by atoms with Crippen molar-refractivity contribution in [2.45, 2.75) is 63.1 Å². The topological polar surface area (TPSA) is 152 Å². The Balaban J connectivity index is 1.60. The summed E-state index contributed by atoms with van der Waals surface area (Å²) in [5.74, 6) is 1.39. The highest BCUT2D eigenvalue weighted by atomic mass is 16.6. The number of hydrogen-bond donors (Lipinski definition) is 5. The number of imidazole rings is 1. The zero-order chi connectivity index (χ0) is 19.7. The monoisotopic (exact) mass is 392 g/mol. The molecular formula is C18H28N6O4. The van der Waals surface area contributed by atoms with Gasteiger partial charge in [0.25, 0.3) is 0 Å². The molecule has 1 saturated heterocycles. The second-order valence-corrected chi connectivity index (χ2v) is 7.68. The molecule has 6 N–H and O–H groups in total. The number of nitrogens with one attached hydrogen (secondary N) is 1. The molecule has 28 heavy (non-hydrogen) atoms. The van der Waals surface area contributed by atoms with E-state index in [0.29, 0.717) is 23.0 Å². The molecule has 3 heterocycles. The summed E-state index contributed by atoms with van der Waals surface area (Å²) in [6.45, 7) is 0.318. The highest BCUT2D eigenvalue weighted by Crippen LogP contribution is 2.35. The molecule has 0 spiro atoms. The van der Waals surface area contributed by atoms with Crippen LogP contribution >= 0.6 is 0 Å². The quantitative estimate of drug-likeness (QED) is 0.470. The van der Waals surface area contributed by atoms with Crippen LogP contribution in [0.3, 0.4) is 0 Å². The lowest BCUT2D eigenvalue weighted by Gasteiger charge is -2.22. The number of fused-ring (bicyclic) bond motifs is 1. The minimum atomic E-state index is -1.23. The van der Waals surface area contributed by atoms with Gasteiger partial charge in [0.05, 0.1) is 6.61 Å². The van der Waals surface area contributed by atoms with Gasteiger partial charge in [0.15, 0.2) is 23.2 Å². The third-order valence-electron chi connectivity index (χ3n) is 5.84. The Bertz CT molecular complexity index is 809. The molecule has 10 heteroatoms. The van der Waals surface area contributed by atoms with Crippen LogP contribution in [0, 0.1) is 5.92 Å². The third kappa shape index (κ3) is 3.52. The lowest BCUT2D eigenvalue weighted by molar-refractivity contribution is -0.0501. The minimum Gasteiger partial charge on any atom is -0.394 e. The standard InChI is InChI=1S/C18H28N6O4/c19-15-12-16(22-9-21-15)24(17-14(27)13(26)11(8-25)28-17)18(23-12)20-7-6-10-4-2-1-3-5-10/h9-11,13-14,17,25-27H,1-8H2,(H,20,23)(H2,19,21,22)/t11-,13-,14-,17-/m1/s1. The molecular weight excluding hydrogens is 364 g/mol. The Kier molecular flexibility index (Phi) is 5.63. The maximum atomic E-state index is 10.5. The predicted octanol–water partition coefficient (Wildman–Crippen LogP) is 0.402. The normalized spacial score (nSPS) is 28.8. The van der Waals surface area contributed by atoms with E-state index in [0.717, 1.165) is 13.0 Å². The van der Waals surface area contributed by atoms with E-state index in [2.05, 4.69) is 20.3 Å². The van der Waals surface area contributed by atoms with Gasteiger partial charge in [-0.05, 0) is 12.3 Å². The minimum absolute atomic E-state index is 0.228. The molecule has 2 aromatic rings. The van der Waals surface area contributed by atoms with Crippen molar-refractivity contribution in [3.05, 3.63) is 6.33 Å². The molecule has 4 atom stereocenters. The molecule has 1 saturated carbocycles. The van der Waals surface area contributed by atoms with Crippen molar-refractivity contribution in [2.75, 3.05) is 24.2 Å². The van der Waals surface area contributed by atoms with Crippen molar-refractivity contribution in [1.82, 2.24) is 19.5 Å².